The highest BCUT2D eigenvalue weighted by Crippen LogP contribution is 2.42. The van der Waals surface area contributed by atoms with E-state index in [-0.39, 0.29) is 5.82 Å². The van der Waals surface area contributed by atoms with E-state index >= 15 is 0 Å². The minimum atomic E-state index is -0.288. The number of methoxy groups -OCH3 is 1. The van der Waals surface area contributed by atoms with E-state index in [1.165, 1.54) is 11.6 Å². The Morgan fingerprint density at radius 3 is 2.52 bits per heavy atom. The first kappa shape index (κ1) is 18.8. The first-order valence-corrected chi connectivity index (χ1v) is 11.0. The number of ether oxygens (including phenoxy) is 1. The Balaban J connectivity index is 1.47. The summed E-state index contributed by atoms with van der Waals surface area (Å²) in [5.74, 6) is 3.18. The maximum absolute atomic E-state index is 14.7. The van der Waals surface area contributed by atoms with Gasteiger partial charge in [-0.2, -0.15) is 0 Å². The molecule has 2 aliphatic rings. The highest BCUT2D eigenvalue weighted by Gasteiger charge is 2.30. The van der Waals surface area contributed by atoms with Crippen LogP contribution in [0.4, 0.5) is 10.2 Å². The van der Waals surface area contributed by atoms with Crippen molar-refractivity contribution >= 4 is 32.7 Å². The van der Waals surface area contributed by atoms with Gasteiger partial charge in [0.15, 0.2) is 5.82 Å². The van der Waals surface area contributed by atoms with Crippen LogP contribution < -0.4 is 9.64 Å². The second kappa shape index (κ2) is 7.56. The summed E-state index contributed by atoms with van der Waals surface area (Å²) in [5.41, 5.74) is 1.71. The summed E-state index contributed by atoms with van der Waals surface area (Å²) >= 11 is 3.43. The number of fused-ring (bicyclic) bond motifs is 1. The maximum Gasteiger partial charge on any atom is 0.150 e. The van der Waals surface area contributed by atoms with Crippen LogP contribution in [0.15, 0.2) is 40.9 Å². The van der Waals surface area contributed by atoms with E-state index in [2.05, 4.69) is 37.9 Å². The second-order valence-corrected chi connectivity index (χ2v) is 8.88. The third kappa shape index (κ3) is 3.59. The molecule has 2 fully saturated rings. The highest BCUT2D eigenvalue weighted by atomic mass is 79.9. The van der Waals surface area contributed by atoms with Gasteiger partial charge in [-0.3, -0.25) is 0 Å². The fraction of sp³-hybridized carbons (Fsp3) is 0.391. The fourth-order valence-corrected chi connectivity index (χ4v) is 4.76. The number of hydrogen-bond donors (Lipinski definition) is 0. The molecule has 3 aromatic rings. The molecule has 0 amide bonds. The van der Waals surface area contributed by atoms with Gasteiger partial charge < -0.3 is 9.64 Å². The zero-order valence-electron chi connectivity index (χ0n) is 16.4. The Morgan fingerprint density at radius 2 is 1.79 bits per heavy atom. The molecule has 0 N–H and O–H groups in total. The van der Waals surface area contributed by atoms with E-state index < -0.39 is 0 Å². The number of rotatable bonds is 4. The lowest BCUT2D eigenvalue weighted by Crippen LogP contribution is -2.34. The molecule has 1 aromatic heterocycles. The van der Waals surface area contributed by atoms with Crippen LogP contribution >= 0.6 is 15.9 Å². The minimum absolute atomic E-state index is 0.288. The van der Waals surface area contributed by atoms with Gasteiger partial charge in [0.1, 0.15) is 22.9 Å². The molecule has 29 heavy (non-hydrogen) atoms. The molecule has 0 radical (unpaired) electrons. The van der Waals surface area contributed by atoms with Gasteiger partial charge in [-0.25, -0.2) is 14.4 Å². The molecule has 0 bridgehead atoms. The van der Waals surface area contributed by atoms with Gasteiger partial charge in [0.2, 0.25) is 0 Å². The molecular formula is C23H23BrFN3O. The minimum Gasteiger partial charge on any atom is -0.496 e. The predicted molar refractivity (Wildman–Crippen MR) is 116 cm³/mol. The molecule has 0 unspecified atom stereocenters. The third-order valence-electron chi connectivity index (χ3n) is 6.03. The molecule has 1 aliphatic carbocycles. The van der Waals surface area contributed by atoms with E-state index in [0.717, 1.165) is 66.0 Å². The molecule has 150 valence electrons. The first-order chi connectivity index (χ1) is 14.1. The molecule has 1 saturated heterocycles. The van der Waals surface area contributed by atoms with Crippen molar-refractivity contribution in [1.29, 1.82) is 0 Å². The summed E-state index contributed by atoms with van der Waals surface area (Å²) in [4.78, 5) is 11.8. The van der Waals surface area contributed by atoms with Crippen LogP contribution in [0, 0.1) is 5.82 Å². The monoisotopic (exact) mass is 455 g/mol. The average molecular weight is 456 g/mol. The lowest BCUT2D eigenvalue weighted by Gasteiger charge is -2.34. The van der Waals surface area contributed by atoms with Crippen molar-refractivity contribution in [3.8, 4) is 5.75 Å². The zero-order valence-corrected chi connectivity index (χ0v) is 18.0. The molecule has 4 nitrogen and oxygen atoms in total. The van der Waals surface area contributed by atoms with Gasteiger partial charge in [0.25, 0.3) is 0 Å². The normalized spacial score (nSPS) is 17.7. The smallest absolute Gasteiger partial charge is 0.150 e. The van der Waals surface area contributed by atoms with Crippen LogP contribution in [0.2, 0.25) is 0 Å². The van der Waals surface area contributed by atoms with Crippen LogP contribution in [0.1, 0.15) is 48.9 Å². The standard InChI is InChI=1S/C23H23BrFN3O/c1-29-20-5-3-2-4-17(20)14-8-10-28(11-9-14)23-18-12-16(24)13-19(25)21(18)26-22(27-23)15-6-7-15/h2-5,12-15H,6-11H2,1H3. The molecule has 6 heteroatoms. The Morgan fingerprint density at radius 1 is 1.03 bits per heavy atom. The molecule has 2 heterocycles. The number of halogens is 2. The van der Waals surface area contributed by atoms with Gasteiger partial charge in [-0.1, -0.05) is 34.1 Å². The summed E-state index contributed by atoms with van der Waals surface area (Å²) in [7, 11) is 1.73. The number of hydrogen-bond acceptors (Lipinski definition) is 4. The van der Waals surface area contributed by atoms with Crippen LogP contribution in [-0.4, -0.2) is 30.2 Å². The van der Waals surface area contributed by atoms with Crippen molar-refractivity contribution < 1.29 is 9.13 Å². The number of piperidine rings is 1. The summed E-state index contributed by atoms with van der Waals surface area (Å²) < 4.78 is 21.0. The van der Waals surface area contributed by atoms with Crippen LogP contribution in [0.25, 0.3) is 10.9 Å². The number of aromatic nitrogens is 2. The summed E-state index contributed by atoms with van der Waals surface area (Å²) in [6.07, 6.45) is 4.22. The lowest BCUT2D eigenvalue weighted by atomic mass is 9.88. The van der Waals surface area contributed by atoms with Gasteiger partial charge in [0.05, 0.1) is 7.11 Å². The van der Waals surface area contributed by atoms with Crippen molar-refractivity contribution in [1.82, 2.24) is 9.97 Å². The van der Waals surface area contributed by atoms with E-state index in [1.54, 1.807) is 7.11 Å². The van der Waals surface area contributed by atoms with Crippen molar-refractivity contribution in [2.24, 2.45) is 0 Å². The van der Waals surface area contributed by atoms with Crippen LogP contribution in [-0.2, 0) is 0 Å². The van der Waals surface area contributed by atoms with E-state index in [0.29, 0.717) is 17.4 Å². The van der Waals surface area contributed by atoms with Crippen LogP contribution in [0.3, 0.4) is 0 Å². The Labute approximate surface area is 178 Å². The third-order valence-corrected chi connectivity index (χ3v) is 6.49. The van der Waals surface area contributed by atoms with Gasteiger partial charge in [-0.15, -0.1) is 0 Å². The number of para-hydroxylation sites is 1. The van der Waals surface area contributed by atoms with E-state index in [9.17, 15) is 4.39 Å². The topological polar surface area (TPSA) is 38.2 Å². The first-order valence-electron chi connectivity index (χ1n) is 10.2. The highest BCUT2D eigenvalue weighted by molar-refractivity contribution is 9.10. The molecule has 1 saturated carbocycles. The predicted octanol–water partition coefficient (Wildman–Crippen LogP) is 5.80. The molecule has 0 spiro atoms. The molecule has 2 aromatic carbocycles. The van der Waals surface area contributed by atoms with Crippen molar-refractivity contribution in [2.45, 2.75) is 37.5 Å². The second-order valence-electron chi connectivity index (χ2n) is 7.97. The van der Waals surface area contributed by atoms with Gasteiger partial charge in [0, 0.05) is 28.9 Å². The fourth-order valence-electron chi connectivity index (χ4n) is 4.33. The van der Waals surface area contributed by atoms with Gasteiger partial charge in [-0.05, 0) is 55.4 Å². The maximum atomic E-state index is 14.7. The van der Waals surface area contributed by atoms with Crippen molar-refractivity contribution in [3.63, 3.8) is 0 Å². The van der Waals surface area contributed by atoms with Gasteiger partial charge >= 0.3 is 0 Å². The number of benzene rings is 2. The largest absolute Gasteiger partial charge is 0.496 e. The zero-order chi connectivity index (χ0) is 20.0. The summed E-state index contributed by atoms with van der Waals surface area (Å²) in [6.45, 7) is 1.76. The molecule has 5 rings (SSSR count). The van der Waals surface area contributed by atoms with Crippen molar-refractivity contribution in [2.75, 3.05) is 25.1 Å². The molecule has 1 aliphatic heterocycles. The Bertz CT molecular complexity index is 1060. The average Bonchev–Trinajstić information content (AvgIpc) is 3.59. The molecule has 0 atom stereocenters. The quantitative estimate of drug-likeness (QED) is 0.497. The summed E-state index contributed by atoms with van der Waals surface area (Å²) in [6, 6.07) is 11.7. The number of nitrogens with zero attached hydrogens (tertiary/aromatic N) is 3. The molecular weight excluding hydrogens is 433 g/mol. The SMILES string of the molecule is COc1ccccc1C1CCN(c2nc(C3CC3)nc3c(F)cc(Br)cc23)CC1. The lowest BCUT2D eigenvalue weighted by molar-refractivity contribution is 0.397. The Hall–Kier alpha value is -2.21. The van der Waals surface area contributed by atoms with Crippen molar-refractivity contribution in [3.05, 3.63) is 58.1 Å². The van der Waals surface area contributed by atoms with E-state index in [4.69, 9.17) is 9.72 Å². The van der Waals surface area contributed by atoms with E-state index in [1.807, 2.05) is 18.2 Å². The van der Waals surface area contributed by atoms with Crippen LogP contribution in [0.5, 0.6) is 5.75 Å². The summed E-state index contributed by atoms with van der Waals surface area (Å²) in [5, 5.41) is 0.789. The Kier molecular flexibility index (Phi) is 4.90. The number of anilines is 1.